The summed E-state index contributed by atoms with van der Waals surface area (Å²) in [4.78, 5) is 39.3. The fourth-order valence-electron chi connectivity index (χ4n) is 3.53. The number of thiophene rings is 1. The first-order valence-corrected chi connectivity index (χ1v) is 9.28. The first kappa shape index (κ1) is 17.0. The Bertz CT molecular complexity index is 636. The second-order valence-corrected chi connectivity index (χ2v) is 7.89. The molecule has 4 amide bonds. The van der Waals surface area contributed by atoms with Crippen LogP contribution in [0.25, 0.3) is 0 Å². The van der Waals surface area contributed by atoms with E-state index in [9.17, 15) is 14.4 Å². The Morgan fingerprint density at radius 3 is 2.67 bits per heavy atom. The zero-order chi connectivity index (χ0) is 17.3. The normalized spacial score (nSPS) is 20.7. The molecule has 1 spiro atoms. The van der Waals surface area contributed by atoms with Crippen LogP contribution in [0.1, 0.15) is 50.4 Å². The third-order valence-corrected chi connectivity index (χ3v) is 5.79. The van der Waals surface area contributed by atoms with Crippen molar-refractivity contribution in [3.8, 4) is 0 Å². The van der Waals surface area contributed by atoms with Crippen LogP contribution < -0.4 is 10.6 Å². The van der Waals surface area contributed by atoms with Gasteiger partial charge in [-0.25, -0.2) is 4.79 Å². The monoisotopic (exact) mass is 349 g/mol. The average molecular weight is 349 g/mol. The smallest absolute Gasteiger partial charge is 0.325 e. The Balaban J connectivity index is 1.66. The van der Waals surface area contributed by atoms with Gasteiger partial charge < -0.3 is 10.6 Å². The van der Waals surface area contributed by atoms with Gasteiger partial charge in [0, 0.05) is 4.88 Å². The van der Waals surface area contributed by atoms with Gasteiger partial charge in [-0.15, -0.1) is 11.3 Å². The van der Waals surface area contributed by atoms with E-state index >= 15 is 0 Å². The minimum absolute atomic E-state index is 0.112. The van der Waals surface area contributed by atoms with Crippen LogP contribution >= 0.6 is 11.3 Å². The van der Waals surface area contributed by atoms with Crippen LogP contribution in [-0.2, 0) is 9.59 Å². The number of rotatable bonds is 5. The predicted octanol–water partition coefficient (Wildman–Crippen LogP) is 2.43. The van der Waals surface area contributed by atoms with Crippen LogP contribution in [0.4, 0.5) is 4.79 Å². The maximum Gasteiger partial charge on any atom is 0.325 e. The molecular formula is C17H23N3O3S. The lowest BCUT2D eigenvalue weighted by molar-refractivity contribution is -0.135. The molecule has 6 nitrogen and oxygen atoms in total. The van der Waals surface area contributed by atoms with Crippen molar-refractivity contribution >= 4 is 29.2 Å². The number of nitrogens with zero attached hydrogens (tertiary/aromatic N) is 1. The number of hydrogen-bond donors (Lipinski definition) is 2. The fourth-order valence-corrected chi connectivity index (χ4v) is 4.48. The Morgan fingerprint density at radius 2 is 2.08 bits per heavy atom. The van der Waals surface area contributed by atoms with Gasteiger partial charge in [0.2, 0.25) is 5.91 Å². The number of imide groups is 1. The van der Waals surface area contributed by atoms with E-state index in [-0.39, 0.29) is 30.3 Å². The van der Waals surface area contributed by atoms with Crippen molar-refractivity contribution < 1.29 is 14.4 Å². The second kappa shape index (κ2) is 6.55. The van der Waals surface area contributed by atoms with Gasteiger partial charge in [-0.1, -0.05) is 32.8 Å². The van der Waals surface area contributed by atoms with Crippen molar-refractivity contribution in [2.24, 2.45) is 5.92 Å². The number of hydrogen-bond acceptors (Lipinski definition) is 4. The Hall–Kier alpha value is -1.89. The number of nitrogens with one attached hydrogen (secondary N) is 2. The fraction of sp³-hybridized carbons (Fsp3) is 0.588. The summed E-state index contributed by atoms with van der Waals surface area (Å²) in [5.41, 5.74) is -0.761. The minimum Gasteiger partial charge on any atom is -0.347 e. The van der Waals surface area contributed by atoms with Crippen LogP contribution in [0.15, 0.2) is 17.5 Å². The third-order valence-electron chi connectivity index (χ3n) is 4.84. The molecule has 7 heteroatoms. The molecule has 2 fully saturated rings. The summed E-state index contributed by atoms with van der Waals surface area (Å²) in [5, 5.41) is 7.73. The van der Waals surface area contributed by atoms with Crippen molar-refractivity contribution in [2.45, 2.75) is 51.1 Å². The number of carbonyl (C=O) groups is 3. The average Bonchev–Trinajstić information content (AvgIpc) is 3.24. The topological polar surface area (TPSA) is 78.5 Å². The quantitative estimate of drug-likeness (QED) is 0.802. The molecule has 24 heavy (non-hydrogen) atoms. The van der Waals surface area contributed by atoms with Crippen molar-refractivity contribution in [3.63, 3.8) is 0 Å². The predicted molar refractivity (Wildman–Crippen MR) is 91.5 cm³/mol. The van der Waals surface area contributed by atoms with Crippen LogP contribution in [0.2, 0.25) is 0 Å². The molecule has 1 unspecified atom stereocenters. The molecule has 1 saturated carbocycles. The van der Waals surface area contributed by atoms with Crippen molar-refractivity contribution in [1.82, 2.24) is 15.5 Å². The Morgan fingerprint density at radius 1 is 1.38 bits per heavy atom. The number of carbonyl (C=O) groups excluding carboxylic acids is 3. The third kappa shape index (κ3) is 3.05. The summed E-state index contributed by atoms with van der Waals surface area (Å²) >= 11 is 1.59. The molecule has 0 bridgehead atoms. The van der Waals surface area contributed by atoms with Crippen molar-refractivity contribution in [2.75, 3.05) is 6.54 Å². The molecule has 1 aliphatic carbocycles. The Labute approximate surface area is 145 Å². The summed E-state index contributed by atoms with van der Waals surface area (Å²) < 4.78 is 0. The largest absolute Gasteiger partial charge is 0.347 e. The van der Waals surface area contributed by atoms with E-state index in [0.717, 1.165) is 22.6 Å². The van der Waals surface area contributed by atoms with Gasteiger partial charge in [0.05, 0.1) is 6.04 Å². The van der Waals surface area contributed by atoms with Crippen molar-refractivity contribution in [1.29, 1.82) is 0 Å². The highest BCUT2D eigenvalue weighted by Crippen LogP contribution is 2.35. The molecule has 1 aromatic heterocycles. The van der Waals surface area contributed by atoms with E-state index in [2.05, 4.69) is 10.6 Å². The highest BCUT2D eigenvalue weighted by atomic mass is 32.1. The zero-order valence-corrected chi connectivity index (χ0v) is 14.8. The van der Waals surface area contributed by atoms with E-state index in [4.69, 9.17) is 0 Å². The molecular weight excluding hydrogens is 326 g/mol. The van der Waals surface area contributed by atoms with E-state index in [0.29, 0.717) is 12.8 Å². The van der Waals surface area contributed by atoms with Crippen LogP contribution in [0.5, 0.6) is 0 Å². The summed E-state index contributed by atoms with van der Waals surface area (Å²) in [5.74, 6) is -0.338. The number of amides is 4. The summed E-state index contributed by atoms with van der Waals surface area (Å²) in [7, 11) is 0. The van der Waals surface area contributed by atoms with Gasteiger partial charge in [0.15, 0.2) is 0 Å². The molecule has 2 N–H and O–H groups in total. The standard InChI is InChI=1S/C17H23N3O3S/c1-11(2)14(12-6-5-9-24-12)18-13(21)10-20-15(22)17(19-16(20)23)7-3-4-8-17/h5-6,9,11,14H,3-4,7-8,10H2,1-2H3,(H,18,21)(H,19,23). The van der Waals surface area contributed by atoms with Crippen LogP contribution in [0.3, 0.4) is 0 Å². The lowest BCUT2D eigenvalue weighted by atomic mass is 9.98. The van der Waals surface area contributed by atoms with Gasteiger partial charge in [-0.05, 0) is 30.2 Å². The molecule has 1 atom stereocenters. The van der Waals surface area contributed by atoms with Gasteiger partial charge >= 0.3 is 6.03 Å². The maximum absolute atomic E-state index is 12.6. The molecule has 1 aromatic rings. The molecule has 1 aliphatic heterocycles. The first-order valence-electron chi connectivity index (χ1n) is 8.40. The van der Waals surface area contributed by atoms with Gasteiger partial charge in [0.1, 0.15) is 12.1 Å². The van der Waals surface area contributed by atoms with Crippen LogP contribution in [0, 0.1) is 5.92 Å². The first-order chi connectivity index (χ1) is 11.4. The van der Waals surface area contributed by atoms with Crippen LogP contribution in [-0.4, -0.2) is 34.8 Å². The minimum atomic E-state index is -0.761. The van der Waals surface area contributed by atoms with Gasteiger partial charge in [-0.2, -0.15) is 0 Å². The molecule has 2 heterocycles. The highest BCUT2D eigenvalue weighted by molar-refractivity contribution is 7.10. The SMILES string of the molecule is CC(C)C(NC(=O)CN1C(=O)NC2(CCCC2)C1=O)c1cccs1. The van der Waals surface area contributed by atoms with E-state index in [1.807, 2.05) is 31.4 Å². The van der Waals surface area contributed by atoms with Gasteiger partial charge in [0.25, 0.3) is 5.91 Å². The molecule has 1 saturated heterocycles. The molecule has 3 rings (SSSR count). The second-order valence-electron chi connectivity index (χ2n) is 6.92. The molecule has 0 radical (unpaired) electrons. The lowest BCUT2D eigenvalue weighted by Gasteiger charge is -2.23. The van der Waals surface area contributed by atoms with Crippen molar-refractivity contribution in [3.05, 3.63) is 22.4 Å². The molecule has 130 valence electrons. The Kier molecular flexibility index (Phi) is 4.62. The lowest BCUT2D eigenvalue weighted by Crippen LogP contribution is -2.46. The van der Waals surface area contributed by atoms with Gasteiger partial charge in [-0.3, -0.25) is 14.5 Å². The summed E-state index contributed by atoms with van der Waals surface area (Å²) in [6, 6.07) is 3.37. The van der Waals surface area contributed by atoms with E-state index in [1.54, 1.807) is 11.3 Å². The maximum atomic E-state index is 12.6. The zero-order valence-electron chi connectivity index (χ0n) is 14.0. The highest BCUT2D eigenvalue weighted by Gasteiger charge is 2.52. The van der Waals surface area contributed by atoms with E-state index in [1.165, 1.54) is 0 Å². The summed E-state index contributed by atoms with van der Waals surface area (Å²) in [6.07, 6.45) is 3.19. The van der Waals surface area contributed by atoms with E-state index < -0.39 is 11.6 Å². The molecule has 2 aliphatic rings. The number of urea groups is 1. The summed E-state index contributed by atoms with van der Waals surface area (Å²) in [6.45, 7) is 3.85. The molecule has 0 aromatic carbocycles.